The van der Waals surface area contributed by atoms with Gasteiger partial charge in [0.15, 0.2) is 0 Å². The van der Waals surface area contributed by atoms with Gasteiger partial charge in [-0.05, 0) is 35.9 Å². The largest absolute Gasteiger partial charge is 0.366 e. The summed E-state index contributed by atoms with van der Waals surface area (Å²) in [7, 11) is 1.92. The molecule has 0 aliphatic carbocycles. The van der Waals surface area contributed by atoms with Crippen molar-refractivity contribution in [2.75, 3.05) is 0 Å². The monoisotopic (exact) mass is 355 g/mol. The first-order valence-corrected chi connectivity index (χ1v) is 7.54. The van der Waals surface area contributed by atoms with Gasteiger partial charge in [-0.1, -0.05) is 40.2 Å². The highest BCUT2D eigenvalue weighted by molar-refractivity contribution is 9.10. The molecule has 1 heterocycles. The van der Waals surface area contributed by atoms with Gasteiger partial charge in [0.1, 0.15) is 0 Å². The van der Waals surface area contributed by atoms with E-state index < -0.39 is 5.91 Å². The van der Waals surface area contributed by atoms with Crippen molar-refractivity contribution in [2.45, 2.75) is 0 Å². The summed E-state index contributed by atoms with van der Waals surface area (Å²) < 4.78 is 2.89. The number of amides is 1. The van der Waals surface area contributed by atoms with Crippen LogP contribution in [0.25, 0.3) is 22.5 Å². The van der Waals surface area contributed by atoms with Crippen LogP contribution in [0.15, 0.2) is 59.1 Å². The molecule has 0 spiro atoms. The van der Waals surface area contributed by atoms with E-state index in [0.29, 0.717) is 5.56 Å². The second kappa shape index (κ2) is 5.77. The molecule has 3 aromatic rings. The fraction of sp³-hybridized carbons (Fsp3) is 0.0588. The maximum Gasteiger partial charge on any atom is 0.248 e. The van der Waals surface area contributed by atoms with Crippen molar-refractivity contribution in [2.24, 2.45) is 12.8 Å². The fourth-order valence-corrected chi connectivity index (χ4v) is 2.57. The molecular weight excluding hydrogens is 342 g/mol. The van der Waals surface area contributed by atoms with Crippen LogP contribution in [0.3, 0.4) is 0 Å². The number of carbonyl (C=O) groups excluding carboxylic acids is 1. The number of primary amides is 1. The number of nitrogens with two attached hydrogens (primary N) is 1. The van der Waals surface area contributed by atoms with Crippen LogP contribution in [0.2, 0.25) is 0 Å². The Morgan fingerprint density at radius 1 is 1.05 bits per heavy atom. The molecule has 4 nitrogen and oxygen atoms in total. The summed E-state index contributed by atoms with van der Waals surface area (Å²) in [6.07, 6.45) is 0. The highest BCUT2D eigenvalue weighted by Crippen LogP contribution is 2.26. The molecule has 3 rings (SSSR count). The summed E-state index contributed by atoms with van der Waals surface area (Å²) >= 11 is 3.44. The van der Waals surface area contributed by atoms with E-state index in [9.17, 15) is 4.79 Å². The zero-order chi connectivity index (χ0) is 15.7. The van der Waals surface area contributed by atoms with E-state index in [4.69, 9.17) is 5.73 Å². The molecule has 110 valence electrons. The van der Waals surface area contributed by atoms with Gasteiger partial charge in [0.05, 0.1) is 11.4 Å². The molecule has 0 aliphatic rings. The van der Waals surface area contributed by atoms with Crippen LogP contribution < -0.4 is 5.73 Å². The maximum absolute atomic E-state index is 11.1. The standard InChI is InChI=1S/C17H14BrN3O/c1-21-16(12-6-8-14(18)9-7-12)10-15(20-21)11-2-4-13(5-3-11)17(19)22/h2-10H,1H3,(H2,19,22). The molecule has 5 heteroatoms. The van der Waals surface area contributed by atoms with Gasteiger partial charge in [-0.15, -0.1) is 0 Å². The van der Waals surface area contributed by atoms with Crippen LogP contribution in [0.5, 0.6) is 0 Å². The zero-order valence-electron chi connectivity index (χ0n) is 12.0. The number of benzene rings is 2. The first-order chi connectivity index (χ1) is 10.5. The molecule has 0 unspecified atom stereocenters. The highest BCUT2D eigenvalue weighted by Gasteiger charge is 2.10. The Bertz CT molecular complexity index is 820. The van der Waals surface area contributed by atoms with Gasteiger partial charge >= 0.3 is 0 Å². The van der Waals surface area contributed by atoms with Gasteiger partial charge in [-0.3, -0.25) is 9.48 Å². The molecule has 0 saturated carbocycles. The smallest absolute Gasteiger partial charge is 0.248 e. The van der Waals surface area contributed by atoms with E-state index in [1.54, 1.807) is 12.1 Å². The molecule has 0 saturated heterocycles. The Balaban J connectivity index is 1.98. The third kappa shape index (κ3) is 2.80. The minimum absolute atomic E-state index is 0.428. The summed E-state index contributed by atoms with van der Waals surface area (Å²) in [6.45, 7) is 0. The molecule has 0 bridgehead atoms. The lowest BCUT2D eigenvalue weighted by atomic mass is 10.1. The number of aromatic nitrogens is 2. The Morgan fingerprint density at radius 3 is 2.23 bits per heavy atom. The third-order valence-corrected chi connectivity index (χ3v) is 4.01. The number of aryl methyl sites for hydroxylation is 1. The number of rotatable bonds is 3. The lowest BCUT2D eigenvalue weighted by molar-refractivity contribution is 0.100. The second-order valence-corrected chi connectivity index (χ2v) is 5.90. The molecule has 1 amide bonds. The molecule has 1 aromatic heterocycles. The average Bonchev–Trinajstić information content (AvgIpc) is 2.90. The van der Waals surface area contributed by atoms with Crippen molar-refractivity contribution in [3.8, 4) is 22.5 Å². The Labute approximate surface area is 136 Å². The number of hydrogen-bond acceptors (Lipinski definition) is 2. The SMILES string of the molecule is Cn1nc(-c2ccc(C(N)=O)cc2)cc1-c1ccc(Br)cc1. The average molecular weight is 356 g/mol. The zero-order valence-corrected chi connectivity index (χ0v) is 13.5. The second-order valence-electron chi connectivity index (χ2n) is 4.99. The van der Waals surface area contributed by atoms with Crippen LogP contribution in [0.1, 0.15) is 10.4 Å². The van der Waals surface area contributed by atoms with Crippen molar-refractivity contribution in [3.05, 3.63) is 64.6 Å². The van der Waals surface area contributed by atoms with Gasteiger partial charge in [-0.2, -0.15) is 5.10 Å². The quantitative estimate of drug-likeness (QED) is 0.779. The lowest BCUT2D eigenvalue weighted by Crippen LogP contribution is -2.10. The molecule has 2 aromatic carbocycles. The van der Waals surface area contributed by atoms with E-state index in [0.717, 1.165) is 27.0 Å². The van der Waals surface area contributed by atoms with E-state index >= 15 is 0 Å². The van der Waals surface area contributed by atoms with E-state index in [1.807, 2.05) is 54.2 Å². The van der Waals surface area contributed by atoms with Crippen LogP contribution in [0, 0.1) is 0 Å². The van der Waals surface area contributed by atoms with Crippen LogP contribution in [0.4, 0.5) is 0 Å². The number of halogens is 1. The lowest BCUT2D eigenvalue weighted by Gasteiger charge is -2.01. The summed E-state index contributed by atoms with van der Waals surface area (Å²) in [5, 5.41) is 4.54. The van der Waals surface area contributed by atoms with E-state index in [2.05, 4.69) is 21.0 Å². The Morgan fingerprint density at radius 2 is 1.64 bits per heavy atom. The molecule has 22 heavy (non-hydrogen) atoms. The minimum Gasteiger partial charge on any atom is -0.366 e. The Hall–Kier alpha value is -2.40. The summed E-state index contributed by atoms with van der Waals surface area (Å²) in [6, 6.07) is 17.3. The van der Waals surface area contributed by atoms with Gasteiger partial charge in [-0.25, -0.2) is 0 Å². The van der Waals surface area contributed by atoms with E-state index in [-0.39, 0.29) is 0 Å². The van der Waals surface area contributed by atoms with Crippen LogP contribution >= 0.6 is 15.9 Å². The van der Waals surface area contributed by atoms with Crippen molar-refractivity contribution in [3.63, 3.8) is 0 Å². The van der Waals surface area contributed by atoms with Crippen LogP contribution in [-0.2, 0) is 7.05 Å². The summed E-state index contributed by atoms with van der Waals surface area (Å²) in [5.41, 5.74) is 9.68. The van der Waals surface area contributed by atoms with Gasteiger partial charge in [0.25, 0.3) is 0 Å². The first-order valence-electron chi connectivity index (χ1n) is 6.75. The van der Waals surface area contributed by atoms with E-state index in [1.165, 1.54) is 0 Å². The van der Waals surface area contributed by atoms with Crippen molar-refractivity contribution in [1.82, 2.24) is 9.78 Å². The van der Waals surface area contributed by atoms with Crippen molar-refractivity contribution < 1.29 is 4.79 Å². The number of carbonyl (C=O) groups is 1. The summed E-state index contributed by atoms with van der Waals surface area (Å²) in [5.74, 6) is -0.428. The highest BCUT2D eigenvalue weighted by atomic mass is 79.9. The molecule has 0 atom stereocenters. The summed E-state index contributed by atoms with van der Waals surface area (Å²) in [4.78, 5) is 11.1. The third-order valence-electron chi connectivity index (χ3n) is 3.48. The molecule has 0 radical (unpaired) electrons. The van der Waals surface area contributed by atoms with Crippen LogP contribution in [-0.4, -0.2) is 15.7 Å². The normalized spacial score (nSPS) is 10.6. The van der Waals surface area contributed by atoms with Crippen molar-refractivity contribution in [1.29, 1.82) is 0 Å². The Kier molecular flexibility index (Phi) is 3.81. The van der Waals surface area contributed by atoms with Gasteiger partial charge in [0, 0.05) is 22.6 Å². The van der Waals surface area contributed by atoms with Gasteiger partial charge in [0.2, 0.25) is 5.91 Å². The van der Waals surface area contributed by atoms with Gasteiger partial charge < -0.3 is 5.73 Å². The first kappa shape index (κ1) is 14.5. The predicted molar refractivity (Wildman–Crippen MR) is 90.3 cm³/mol. The van der Waals surface area contributed by atoms with Crippen molar-refractivity contribution >= 4 is 21.8 Å². The minimum atomic E-state index is -0.428. The fourth-order valence-electron chi connectivity index (χ4n) is 2.30. The molecule has 0 fully saturated rings. The molecule has 2 N–H and O–H groups in total. The maximum atomic E-state index is 11.1. The topological polar surface area (TPSA) is 60.9 Å². The molecule has 0 aliphatic heterocycles. The number of nitrogens with zero attached hydrogens (tertiary/aromatic N) is 2. The molecular formula is C17H14BrN3O. The predicted octanol–water partition coefficient (Wildman–Crippen LogP) is 3.62. The number of hydrogen-bond donors (Lipinski definition) is 1.